The Morgan fingerprint density at radius 3 is 2.40 bits per heavy atom. The summed E-state index contributed by atoms with van der Waals surface area (Å²) in [5.74, 6) is 1.31. The van der Waals surface area contributed by atoms with Crippen molar-refractivity contribution in [2.75, 3.05) is 5.75 Å². The summed E-state index contributed by atoms with van der Waals surface area (Å²) in [5, 5.41) is 13.1. The first-order valence-electron chi connectivity index (χ1n) is 12.8. The van der Waals surface area contributed by atoms with Crippen LogP contribution >= 0.6 is 11.8 Å². The van der Waals surface area contributed by atoms with Crippen LogP contribution in [0.25, 0.3) is 11.4 Å². The molecule has 3 aromatic rings. The molecule has 35 heavy (non-hydrogen) atoms. The second-order valence-corrected chi connectivity index (χ2v) is 11.7. The van der Waals surface area contributed by atoms with Gasteiger partial charge in [-0.25, -0.2) is 0 Å². The van der Waals surface area contributed by atoms with Gasteiger partial charge in [0.05, 0.1) is 5.75 Å². The van der Waals surface area contributed by atoms with E-state index in [1.54, 1.807) is 0 Å². The summed E-state index contributed by atoms with van der Waals surface area (Å²) in [5.41, 5.74) is 3.81. The number of benzene rings is 2. The van der Waals surface area contributed by atoms with Gasteiger partial charge in [-0.15, -0.1) is 10.2 Å². The van der Waals surface area contributed by atoms with Crippen molar-refractivity contribution in [1.29, 1.82) is 0 Å². The summed E-state index contributed by atoms with van der Waals surface area (Å²) in [6, 6.07) is 19.7. The zero-order valence-corrected chi connectivity index (χ0v) is 22.3. The van der Waals surface area contributed by atoms with Crippen LogP contribution in [0.15, 0.2) is 59.8 Å². The SMILES string of the molecule is CC(CCc1ccccc1)NC(=O)CSc1nnc(-c2ccc(C(C)(C)C)cc2)n1C1CCCC1. The van der Waals surface area contributed by atoms with Gasteiger partial charge in [-0.1, -0.05) is 100.0 Å². The summed E-state index contributed by atoms with van der Waals surface area (Å²) in [6.07, 6.45) is 6.63. The van der Waals surface area contributed by atoms with Crippen molar-refractivity contribution in [2.24, 2.45) is 0 Å². The summed E-state index contributed by atoms with van der Waals surface area (Å²) in [4.78, 5) is 12.7. The first kappa shape index (κ1) is 25.5. The number of carbonyl (C=O) groups is 1. The Hall–Kier alpha value is -2.60. The maximum atomic E-state index is 12.7. The minimum absolute atomic E-state index is 0.0487. The molecule has 1 N–H and O–H groups in total. The van der Waals surface area contributed by atoms with E-state index in [-0.39, 0.29) is 17.4 Å². The van der Waals surface area contributed by atoms with Gasteiger partial charge >= 0.3 is 0 Å². The molecule has 1 saturated carbocycles. The predicted octanol–water partition coefficient (Wildman–Crippen LogP) is 6.59. The molecule has 186 valence electrons. The minimum atomic E-state index is 0.0487. The molecule has 6 heteroatoms. The number of nitrogens with zero attached hydrogens (tertiary/aromatic N) is 3. The van der Waals surface area contributed by atoms with Gasteiger partial charge in [-0.3, -0.25) is 9.36 Å². The van der Waals surface area contributed by atoms with Gasteiger partial charge in [0.15, 0.2) is 11.0 Å². The summed E-state index contributed by atoms with van der Waals surface area (Å²) < 4.78 is 2.29. The molecular weight excluding hydrogens is 452 g/mol. The smallest absolute Gasteiger partial charge is 0.230 e. The number of aromatic nitrogens is 3. The lowest BCUT2D eigenvalue weighted by molar-refractivity contribution is -0.119. The minimum Gasteiger partial charge on any atom is -0.353 e. The third-order valence-electron chi connectivity index (χ3n) is 6.81. The highest BCUT2D eigenvalue weighted by molar-refractivity contribution is 7.99. The summed E-state index contributed by atoms with van der Waals surface area (Å²) >= 11 is 1.50. The first-order chi connectivity index (χ1) is 16.8. The van der Waals surface area contributed by atoms with E-state index in [9.17, 15) is 4.79 Å². The highest BCUT2D eigenvalue weighted by atomic mass is 32.2. The number of aryl methyl sites for hydroxylation is 1. The largest absolute Gasteiger partial charge is 0.353 e. The van der Waals surface area contributed by atoms with Gasteiger partial charge in [0.2, 0.25) is 5.91 Å². The van der Waals surface area contributed by atoms with Gasteiger partial charge in [-0.05, 0) is 49.1 Å². The van der Waals surface area contributed by atoms with Gasteiger partial charge < -0.3 is 5.32 Å². The van der Waals surface area contributed by atoms with E-state index in [1.807, 2.05) is 6.07 Å². The van der Waals surface area contributed by atoms with Crippen molar-refractivity contribution in [3.8, 4) is 11.4 Å². The van der Waals surface area contributed by atoms with Gasteiger partial charge in [-0.2, -0.15) is 0 Å². The third kappa shape index (κ3) is 6.75. The van der Waals surface area contributed by atoms with Crippen LogP contribution < -0.4 is 5.32 Å². The summed E-state index contributed by atoms with van der Waals surface area (Å²) in [7, 11) is 0. The average Bonchev–Trinajstić information content (AvgIpc) is 3.51. The predicted molar refractivity (Wildman–Crippen MR) is 145 cm³/mol. The van der Waals surface area contributed by atoms with E-state index in [1.165, 1.54) is 35.7 Å². The van der Waals surface area contributed by atoms with Crippen molar-refractivity contribution < 1.29 is 4.79 Å². The Labute approximate surface area is 214 Å². The number of amides is 1. The van der Waals surface area contributed by atoms with E-state index >= 15 is 0 Å². The van der Waals surface area contributed by atoms with Crippen molar-refractivity contribution in [2.45, 2.75) is 88.9 Å². The standard InChI is InChI=1S/C29H38N4OS/c1-21(14-15-22-10-6-5-7-11-22)30-26(34)20-35-28-32-31-27(33(28)25-12-8-9-13-25)23-16-18-24(19-17-23)29(2,3)4/h5-7,10-11,16-19,21,25H,8-9,12-15,20H2,1-4H3,(H,30,34). The molecule has 1 fully saturated rings. The highest BCUT2D eigenvalue weighted by Crippen LogP contribution is 2.37. The molecular formula is C29H38N4OS. The third-order valence-corrected chi connectivity index (χ3v) is 7.76. The van der Waals surface area contributed by atoms with E-state index in [2.05, 4.69) is 96.3 Å². The first-order valence-corrected chi connectivity index (χ1v) is 13.8. The van der Waals surface area contributed by atoms with Crippen LogP contribution in [-0.2, 0) is 16.6 Å². The highest BCUT2D eigenvalue weighted by Gasteiger charge is 2.26. The molecule has 1 aliphatic carbocycles. The Morgan fingerprint density at radius 2 is 1.74 bits per heavy atom. The summed E-state index contributed by atoms with van der Waals surface area (Å²) in [6.45, 7) is 8.76. The molecule has 0 spiro atoms. The molecule has 1 heterocycles. The molecule has 0 bridgehead atoms. The fraction of sp³-hybridized carbons (Fsp3) is 0.483. The number of rotatable bonds is 9. The van der Waals surface area contributed by atoms with Crippen LogP contribution in [0, 0.1) is 0 Å². The zero-order valence-electron chi connectivity index (χ0n) is 21.5. The Balaban J connectivity index is 1.41. The lowest BCUT2D eigenvalue weighted by atomic mass is 9.86. The van der Waals surface area contributed by atoms with Crippen molar-refractivity contribution in [3.05, 3.63) is 65.7 Å². The van der Waals surface area contributed by atoms with E-state index in [0.29, 0.717) is 11.8 Å². The van der Waals surface area contributed by atoms with Crippen LogP contribution in [0.1, 0.15) is 77.0 Å². The lowest BCUT2D eigenvalue weighted by Gasteiger charge is -2.20. The normalized spacial score (nSPS) is 15.3. The van der Waals surface area contributed by atoms with E-state index in [4.69, 9.17) is 0 Å². The quantitative estimate of drug-likeness (QED) is 0.344. The average molecular weight is 491 g/mol. The molecule has 4 rings (SSSR count). The maximum Gasteiger partial charge on any atom is 0.230 e. The van der Waals surface area contributed by atoms with Gasteiger partial charge in [0.1, 0.15) is 0 Å². The Kier molecular flexibility index (Phi) is 8.32. The molecule has 0 aliphatic heterocycles. The number of nitrogens with one attached hydrogen (secondary N) is 1. The number of thioether (sulfide) groups is 1. The van der Waals surface area contributed by atoms with E-state index in [0.717, 1.165) is 42.2 Å². The van der Waals surface area contributed by atoms with Crippen LogP contribution in [0.2, 0.25) is 0 Å². The van der Waals surface area contributed by atoms with Crippen LogP contribution in [0.4, 0.5) is 0 Å². The Morgan fingerprint density at radius 1 is 1.06 bits per heavy atom. The van der Waals surface area contributed by atoms with E-state index < -0.39 is 0 Å². The number of carbonyl (C=O) groups excluding carboxylic acids is 1. The number of hydrogen-bond acceptors (Lipinski definition) is 4. The lowest BCUT2D eigenvalue weighted by Crippen LogP contribution is -2.34. The number of hydrogen-bond donors (Lipinski definition) is 1. The molecule has 0 saturated heterocycles. The monoisotopic (exact) mass is 490 g/mol. The van der Waals surface area contributed by atoms with Gasteiger partial charge in [0, 0.05) is 17.6 Å². The van der Waals surface area contributed by atoms with Crippen LogP contribution in [-0.4, -0.2) is 32.5 Å². The Bertz CT molecular complexity index is 1100. The van der Waals surface area contributed by atoms with Crippen molar-refractivity contribution >= 4 is 17.7 Å². The fourth-order valence-corrected chi connectivity index (χ4v) is 5.55. The second kappa shape index (κ2) is 11.4. The molecule has 1 unspecified atom stereocenters. The van der Waals surface area contributed by atoms with Crippen molar-refractivity contribution in [1.82, 2.24) is 20.1 Å². The molecule has 5 nitrogen and oxygen atoms in total. The van der Waals surface area contributed by atoms with Gasteiger partial charge in [0.25, 0.3) is 0 Å². The molecule has 1 aromatic heterocycles. The second-order valence-electron chi connectivity index (χ2n) is 10.7. The maximum absolute atomic E-state index is 12.7. The molecule has 2 aromatic carbocycles. The molecule has 1 amide bonds. The van der Waals surface area contributed by atoms with Crippen LogP contribution in [0.3, 0.4) is 0 Å². The van der Waals surface area contributed by atoms with Crippen molar-refractivity contribution in [3.63, 3.8) is 0 Å². The van der Waals surface area contributed by atoms with Crippen LogP contribution in [0.5, 0.6) is 0 Å². The zero-order chi connectivity index (χ0) is 24.8. The topological polar surface area (TPSA) is 59.8 Å². The fourth-order valence-electron chi connectivity index (χ4n) is 4.73. The molecule has 1 aliphatic rings. The molecule has 0 radical (unpaired) electrons. The molecule has 1 atom stereocenters.